The molecule has 0 amide bonds. The third-order valence-electron chi connectivity index (χ3n) is 2.95. The highest BCUT2D eigenvalue weighted by Crippen LogP contribution is 2.32. The van der Waals surface area contributed by atoms with Gasteiger partial charge in [-0.05, 0) is 30.3 Å². The summed E-state index contributed by atoms with van der Waals surface area (Å²) in [7, 11) is -3.34. The van der Waals surface area contributed by atoms with Crippen molar-refractivity contribution in [2.45, 2.75) is 24.7 Å². The molecule has 0 radical (unpaired) electrons. The van der Waals surface area contributed by atoms with Crippen LogP contribution in [0.15, 0.2) is 4.90 Å². The van der Waals surface area contributed by atoms with Crippen LogP contribution < -0.4 is 11.1 Å². The lowest BCUT2D eigenvalue weighted by Gasteiger charge is -2.07. The molecule has 108 valence electrons. The van der Waals surface area contributed by atoms with Crippen molar-refractivity contribution in [3.8, 4) is 0 Å². The van der Waals surface area contributed by atoms with Crippen LogP contribution in [0.1, 0.15) is 19.8 Å². The molecule has 1 aliphatic rings. The molecule has 19 heavy (non-hydrogen) atoms. The number of anilines is 2. The van der Waals surface area contributed by atoms with Gasteiger partial charge in [0.2, 0.25) is 0 Å². The van der Waals surface area contributed by atoms with Crippen LogP contribution in [-0.4, -0.2) is 38.3 Å². The summed E-state index contributed by atoms with van der Waals surface area (Å²) in [6.45, 7) is 3.50. The van der Waals surface area contributed by atoms with Crippen molar-refractivity contribution in [1.82, 2.24) is 4.37 Å². The standard InChI is InChI=1S/C11H19N3O3S2/c1-2-19(15,16)9-10(12)14-18-11(9)13-5-6-17-7-8-3-4-8/h8,13H,2-7H2,1H3,(H2,12,14). The number of nitrogens with two attached hydrogens (primary N) is 1. The zero-order valence-corrected chi connectivity index (χ0v) is 12.5. The summed E-state index contributed by atoms with van der Waals surface area (Å²) in [6.07, 6.45) is 2.52. The molecule has 0 atom stereocenters. The Morgan fingerprint density at radius 3 is 2.89 bits per heavy atom. The molecule has 0 spiro atoms. The van der Waals surface area contributed by atoms with Gasteiger partial charge in [0.1, 0.15) is 9.90 Å². The molecule has 1 aliphatic carbocycles. The molecule has 0 bridgehead atoms. The Morgan fingerprint density at radius 2 is 2.26 bits per heavy atom. The highest BCUT2D eigenvalue weighted by Gasteiger charge is 2.24. The predicted molar refractivity (Wildman–Crippen MR) is 76.3 cm³/mol. The Labute approximate surface area is 117 Å². The van der Waals surface area contributed by atoms with Gasteiger partial charge in [-0.2, -0.15) is 4.37 Å². The second kappa shape index (κ2) is 6.06. The van der Waals surface area contributed by atoms with E-state index in [1.807, 2.05) is 0 Å². The van der Waals surface area contributed by atoms with E-state index in [0.717, 1.165) is 24.1 Å². The Kier molecular flexibility index (Phi) is 4.64. The number of hydrogen-bond acceptors (Lipinski definition) is 7. The summed E-state index contributed by atoms with van der Waals surface area (Å²) in [4.78, 5) is 0.127. The van der Waals surface area contributed by atoms with Gasteiger partial charge in [0.15, 0.2) is 15.7 Å². The summed E-state index contributed by atoms with van der Waals surface area (Å²) in [5.41, 5.74) is 5.63. The quantitative estimate of drug-likeness (QED) is 0.704. The fourth-order valence-electron chi connectivity index (χ4n) is 1.62. The Balaban J connectivity index is 1.89. The third kappa shape index (κ3) is 3.80. The Hall–Kier alpha value is -0.860. The molecule has 3 N–H and O–H groups in total. The van der Waals surface area contributed by atoms with Gasteiger partial charge in [-0.1, -0.05) is 6.92 Å². The fourth-order valence-corrected chi connectivity index (χ4v) is 3.82. The van der Waals surface area contributed by atoms with E-state index in [-0.39, 0.29) is 16.5 Å². The van der Waals surface area contributed by atoms with E-state index < -0.39 is 9.84 Å². The molecule has 8 heteroatoms. The molecular weight excluding hydrogens is 286 g/mol. The van der Waals surface area contributed by atoms with Crippen LogP contribution in [0.25, 0.3) is 0 Å². The predicted octanol–water partition coefficient (Wildman–Crippen LogP) is 1.36. The van der Waals surface area contributed by atoms with E-state index in [1.165, 1.54) is 12.8 Å². The van der Waals surface area contributed by atoms with E-state index in [1.54, 1.807) is 6.92 Å². The maximum atomic E-state index is 11.9. The van der Waals surface area contributed by atoms with Gasteiger partial charge >= 0.3 is 0 Å². The monoisotopic (exact) mass is 305 g/mol. The van der Waals surface area contributed by atoms with E-state index >= 15 is 0 Å². The highest BCUT2D eigenvalue weighted by atomic mass is 32.2. The molecule has 0 aromatic carbocycles. The number of hydrogen-bond donors (Lipinski definition) is 2. The van der Waals surface area contributed by atoms with Crippen LogP contribution in [0.2, 0.25) is 0 Å². The van der Waals surface area contributed by atoms with Crippen molar-refractivity contribution < 1.29 is 13.2 Å². The molecule has 1 aromatic heterocycles. The normalized spacial score (nSPS) is 15.6. The largest absolute Gasteiger partial charge is 0.382 e. The van der Waals surface area contributed by atoms with Crippen LogP contribution in [0, 0.1) is 5.92 Å². The first-order valence-corrected chi connectivity index (χ1v) is 8.76. The minimum atomic E-state index is -3.34. The van der Waals surface area contributed by atoms with Gasteiger partial charge in [0.05, 0.1) is 12.4 Å². The van der Waals surface area contributed by atoms with Crippen LogP contribution in [0.3, 0.4) is 0 Å². The molecule has 0 aliphatic heterocycles. The molecule has 0 saturated heterocycles. The lowest BCUT2D eigenvalue weighted by Crippen LogP contribution is -2.13. The molecule has 2 rings (SSSR count). The molecular formula is C11H19N3O3S2. The Bertz CT molecular complexity index is 523. The van der Waals surface area contributed by atoms with Crippen molar-refractivity contribution in [1.29, 1.82) is 0 Å². The zero-order valence-electron chi connectivity index (χ0n) is 10.9. The molecule has 1 fully saturated rings. The first-order valence-electron chi connectivity index (χ1n) is 6.34. The van der Waals surface area contributed by atoms with Crippen LogP contribution in [0.5, 0.6) is 0 Å². The first-order chi connectivity index (χ1) is 9.04. The minimum absolute atomic E-state index is 0.0163. The molecule has 0 unspecified atom stereocenters. The average molecular weight is 305 g/mol. The van der Waals surface area contributed by atoms with Crippen molar-refractivity contribution >= 4 is 32.2 Å². The van der Waals surface area contributed by atoms with Crippen molar-refractivity contribution in [2.75, 3.05) is 36.6 Å². The van der Waals surface area contributed by atoms with Crippen molar-refractivity contribution in [3.63, 3.8) is 0 Å². The Morgan fingerprint density at radius 1 is 1.53 bits per heavy atom. The topological polar surface area (TPSA) is 94.3 Å². The van der Waals surface area contributed by atoms with E-state index in [0.29, 0.717) is 18.2 Å². The second-order valence-corrected chi connectivity index (χ2v) is 7.56. The first kappa shape index (κ1) is 14.5. The van der Waals surface area contributed by atoms with Gasteiger partial charge in [-0.3, -0.25) is 0 Å². The van der Waals surface area contributed by atoms with Crippen LogP contribution in [0.4, 0.5) is 10.8 Å². The number of nitrogen functional groups attached to an aromatic ring is 1. The summed E-state index contributed by atoms with van der Waals surface area (Å²) in [6, 6.07) is 0. The number of rotatable bonds is 8. The van der Waals surface area contributed by atoms with Crippen molar-refractivity contribution in [3.05, 3.63) is 0 Å². The summed E-state index contributed by atoms with van der Waals surface area (Å²) >= 11 is 1.07. The summed E-state index contributed by atoms with van der Waals surface area (Å²) in [5.74, 6) is 0.825. The number of nitrogens with zero attached hydrogens (tertiary/aromatic N) is 1. The highest BCUT2D eigenvalue weighted by molar-refractivity contribution is 7.91. The number of sulfone groups is 1. The number of aromatic nitrogens is 1. The SMILES string of the molecule is CCS(=O)(=O)c1c(N)nsc1NCCOCC1CC1. The maximum absolute atomic E-state index is 11.9. The number of nitrogens with one attached hydrogen (secondary N) is 1. The van der Waals surface area contributed by atoms with Gasteiger partial charge in [-0.15, -0.1) is 0 Å². The van der Waals surface area contributed by atoms with E-state index in [9.17, 15) is 8.42 Å². The number of ether oxygens (including phenoxy) is 1. The van der Waals surface area contributed by atoms with Gasteiger partial charge < -0.3 is 15.8 Å². The third-order valence-corrected chi connectivity index (χ3v) is 5.69. The average Bonchev–Trinajstić information content (AvgIpc) is 3.12. The second-order valence-electron chi connectivity index (χ2n) is 4.57. The minimum Gasteiger partial charge on any atom is -0.382 e. The van der Waals surface area contributed by atoms with E-state index in [4.69, 9.17) is 10.5 Å². The molecule has 6 nitrogen and oxygen atoms in total. The van der Waals surface area contributed by atoms with Crippen LogP contribution in [-0.2, 0) is 14.6 Å². The van der Waals surface area contributed by atoms with Gasteiger partial charge in [-0.25, -0.2) is 8.42 Å². The molecule has 1 aromatic rings. The summed E-state index contributed by atoms with van der Waals surface area (Å²) < 4.78 is 33.2. The lowest BCUT2D eigenvalue weighted by molar-refractivity contribution is 0.134. The van der Waals surface area contributed by atoms with Crippen molar-refractivity contribution in [2.24, 2.45) is 5.92 Å². The zero-order chi connectivity index (χ0) is 13.9. The van der Waals surface area contributed by atoms with E-state index in [2.05, 4.69) is 9.69 Å². The smallest absolute Gasteiger partial charge is 0.184 e. The maximum Gasteiger partial charge on any atom is 0.184 e. The molecule has 1 saturated carbocycles. The lowest BCUT2D eigenvalue weighted by atomic mass is 10.5. The summed E-state index contributed by atoms with van der Waals surface area (Å²) in [5, 5.41) is 3.55. The van der Waals surface area contributed by atoms with Gasteiger partial charge in [0.25, 0.3) is 0 Å². The van der Waals surface area contributed by atoms with Crippen LogP contribution >= 0.6 is 11.5 Å². The fraction of sp³-hybridized carbons (Fsp3) is 0.727. The molecule has 1 heterocycles. The van der Waals surface area contributed by atoms with Gasteiger partial charge in [0, 0.05) is 13.2 Å².